The molecule has 2 aromatic carbocycles. The number of carboxylic acid groups (broad SMARTS) is 1. The zero-order valence-corrected chi connectivity index (χ0v) is 16.8. The molecule has 0 aliphatic carbocycles. The highest BCUT2D eigenvalue weighted by Crippen LogP contribution is 2.34. The summed E-state index contributed by atoms with van der Waals surface area (Å²) in [7, 11) is 0. The standard InChI is InChI=1S/C19H14Cl2N2O4S/c1-10(18(25)26)27-12-7-5-11(6-8-12)9-15-17(24)23-19(28-15)22-14-4-2-3-13(20)16(14)21/h2-10H,1H3,(H,25,26)(H,22,23,24)/b15-9-/t10-/m0/s1. The van der Waals surface area contributed by atoms with E-state index in [0.717, 1.165) is 5.56 Å². The molecule has 1 fully saturated rings. The molecule has 0 radical (unpaired) electrons. The van der Waals surface area contributed by atoms with Crippen molar-refractivity contribution < 1.29 is 19.4 Å². The molecule has 1 heterocycles. The van der Waals surface area contributed by atoms with E-state index in [4.69, 9.17) is 33.0 Å². The van der Waals surface area contributed by atoms with Crippen LogP contribution in [0.15, 0.2) is 52.4 Å². The van der Waals surface area contributed by atoms with Gasteiger partial charge < -0.3 is 15.2 Å². The Morgan fingerprint density at radius 3 is 2.64 bits per heavy atom. The Balaban J connectivity index is 1.74. The van der Waals surface area contributed by atoms with Crippen molar-refractivity contribution in [1.29, 1.82) is 0 Å². The summed E-state index contributed by atoms with van der Waals surface area (Å²) in [5, 5.41) is 12.7. The van der Waals surface area contributed by atoms with Crippen molar-refractivity contribution in [2.75, 3.05) is 0 Å². The van der Waals surface area contributed by atoms with Gasteiger partial charge in [-0.25, -0.2) is 9.79 Å². The molecule has 1 atom stereocenters. The molecule has 1 aliphatic heterocycles. The molecule has 0 bridgehead atoms. The Hall–Kier alpha value is -2.48. The maximum Gasteiger partial charge on any atom is 0.344 e. The molecule has 0 saturated carbocycles. The van der Waals surface area contributed by atoms with E-state index in [-0.39, 0.29) is 5.91 Å². The molecule has 0 unspecified atom stereocenters. The van der Waals surface area contributed by atoms with Crippen molar-refractivity contribution in [2.45, 2.75) is 13.0 Å². The van der Waals surface area contributed by atoms with Gasteiger partial charge in [0.2, 0.25) is 0 Å². The third-order valence-corrected chi connectivity index (χ3v) is 5.36. The number of halogens is 2. The summed E-state index contributed by atoms with van der Waals surface area (Å²) in [6.07, 6.45) is 0.754. The highest BCUT2D eigenvalue weighted by atomic mass is 35.5. The van der Waals surface area contributed by atoms with Crippen LogP contribution in [0.1, 0.15) is 12.5 Å². The van der Waals surface area contributed by atoms with Crippen molar-refractivity contribution in [3.63, 3.8) is 0 Å². The second kappa shape index (κ2) is 8.68. The summed E-state index contributed by atoms with van der Waals surface area (Å²) in [6.45, 7) is 1.45. The van der Waals surface area contributed by atoms with Gasteiger partial charge in [-0.2, -0.15) is 0 Å². The van der Waals surface area contributed by atoms with Crippen molar-refractivity contribution in [3.05, 3.63) is 63.0 Å². The lowest BCUT2D eigenvalue weighted by atomic mass is 10.2. The number of thioether (sulfide) groups is 1. The number of benzene rings is 2. The van der Waals surface area contributed by atoms with Gasteiger partial charge >= 0.3 is 5.97 Å². The Morgan fingerprint density at radius 2 is 1.96 bits per heavy atom. The fourth-order valence-corrected chi connectivity index (χ4v) is 3.39. The normalized spacial score (nSPS) is 17.6. The molecule has 3 rings (SSSR count). The molecule has 0 aromatic heterocycles. The topological polar surface area (TPSA) is 88.0 Å². The maximum absolute atomic E-state index is 12.2. The first-order chi connectivity index (χ1) is 13.3. The van der Waals surface area contributed by atoms with Crippen LogP contribution in [0.3, 0.4) is 0 Å². The predicted molar refractivity (Wildman–Crippen MR) is 111 cm³/mol. The SMILES string of the molecule is C[C@H](Oc1ccc(/C=C2\SC(=Nc3cccc(Cl)c3Cl)NC2=O)cc1)C(=O)O. The molecule has 2 N–H and O–H groups in total. The molecule has 144 valence electrons. The minimum atomic E-state index is -1.04. The van der Waals surface area contributed by atoms with Crippen LogP contribution in [-0.4, -0.2) is 28.3 Å². The van der Waals surface area contributed by atoms with Crippen LogP contribution < -0.4 is 10.1 Å². The molecule has 1 saturated heterocycles. The molecule has 2 aromatic rings. The van der Waals surface area contributed by atoms with Crippen molar-refractivity contribution in [1.82, 2.24) is 5.32 Å². The highest BCUT2D eigenvalue weighted by molar-refractivity contribution is 8.18. The van der Waals surface area contributed by atoms with Gasteiger partial charge in [0.1, 0.15) is 5.75 Å². The quantitative estimate of drug-likeness (QED) is 0.660. The van der Waals surface area contributed by atoms with Gasteiger partial charge in [-0.1, -0.05) is 41.4 Å². The number of aliphatic carboxylic acids is 1. The van der Waals surface area contributed by atoms with Crippen LogP contribution in [0.5, 0.6) is 5.75 Å². The smallest absolute Gasteiger partial charge is 0.344 e. The third kappa shape index (κ3) is 4.86. The van der Waals surface area contributed by atoms with E-state index in [9.17, 15) is 9.59 Å². The van der Waals surface area contributed by atoms with Gasteiger partial charge in [0.15, 0.2) is 11.3 Å². The number of carbonyl (C=O) groups is 2. The zero-order valence-electron chi connectivity index (χ0n) is 14.5. The monoisotopic (exact) mass is 436 g/mol. The van der Waals surface area contributed by atoms with Crippen LogP contribution in [0.2, 0.25) is 10.0 Å². The second-order valence-corrected chi connectivity index (χ2v) is 7.54. The van der Waals surface area contributed by atoms with Crippen molar-refractivity contribution in [2.24, 2.45) is 4.99 Å². The van der Waals surface area contributed by atoms with E-state index in [1.165, 1.54) is 18.7 Å². The molecule has 28 heavy (non-hydrogen) atoms. The third-order valence-electron chi connectivity index (χ3n) is 3.64. The number of carbonyl (C=O) groups excluding carboxylic acids is 1. The Bertz CT molecular complexity index is 990. The lowest BCUT2D eigenvalue weighted by molar-refractivity contribution is -0.144. The maximum atomic E-state index is 12.2. The number of aliphatic imine (C=N–C) groups is 1. The molecule has 1 amide bonds. The number of nitrogens with zero attached hydrogens (tertiary/aromatic N) is 1. The molecular formula is C19H14Cl2N2O4S. The molecular weight excluding hydrogens is 423 g/mol. The van der Waals surface area contributed by atoms with E-state index >= 15 is 0 Å². The van der Waals surface area contributed by atoms with Crippen molar-refractivity contribution in [3.8, 4) is 5.75 Å². The molecule has 1 aliphatic rings. The first-order valence-electron chi connectivity index (χ1n) is 8.06. The van der Waals surface area contributed by atoms with Gasteiger partial charge in [0.05, 0.1) is 20.6 Å². The largest absolute Gasteiger partial charge is 0.479 e. The predicted octanol–water partition coefficient (Wildman–Crippen LogP) is 4.74. The summed E-state index contributed by atoms with van der Waals surface area (Å²) in [4.78, 5) is 27.8. The first kappa shape index (κ1) is 20.3. The van der Waals surface area contributed by atoms with Crippen LogP contribution in [0.4, 0.5) is 5.69 Å². The van der Waals surface area contributed by atoms with E-state index in [1.807, 2.05) is 0 Å². The minimum absolute atomic E-state index is 0.276. The first-order valence-corrected chi connectivity index (χ1v) is 9.64. The number of amidine groups is 1. The van der Waals surface area contributed by atoms with Crippen molar-refractivity contribution >= 4 is 63.8 Å². The lowest BCUT2D eigenvalue weighted by Gasteiger charge is -2.10. The van der Waals surface area contributed by atoms with Gasteiger partial charge in [-0.3, -0.25) is 4.79 Å². The average Bonchev–Trinajstić information content (AvgIpc) is 2.99. The van der Waals surface area contributed by atoms with Crippen LogP contribution >= 0.6 is 35.0 Å². The van der Waals surface area contributed by atoms with E-state index in [2.05, 4.69) is 10.3 Å². The van der Waals surface area contributed by atoms with Gasteiger partial charge in [-0.15, -0.1) is 0 Å². The van der Waals surface area contributed by atoms with E-state index in [1.54, 1.807) is 48.5 Å². The number of carboxylic acids is 1. The van der Waals surface area contributed by atoms with Crippen LogP contribution in [0.25, 0.3) is 6.08 Å². The number of hydrogen-bond donors (Lipinski definition) is 2. The van der Waals surface area contributed by atoms with Gasteiger partial charge in [0.25, 0.3) is 5.91 Å². The number of rotatable bonds is 5. The Labute approximate surface area is 175 Å². The molecule has 6 nitrogen and oxygen atoms in total. The highest BCUT2D eigenvalue weighted by Gasteiger charge is 2.24. The number of amides is 1. The van der Waals surface area contributed by atoms with Gasteiger partial charge in [0, 0.05) is 0 Å². The van der Waals surface area contributed by atoms with Gasteiger partial charge in [-0.05, 0) is 54.6 Å². The molecule has 0 spiro atoms. The summed E-state index contributed by atoms with van der Waals surface area (Å²) in [5.41, 5.74) is 1.22. The number of nitrogens with one attached hydrogen (secondary N) is 1. The Morgan fingerprint density at radius 1 is 1.25 bits per heavy atom. The van der Waals surface area contributed by atoms with Crippen LogP contribution in [0, 0.1) is 0 Å². The molecule has 9 heteroatoms. The van der Waals surface area contributed by atoms with E-state index < -0.39 is 12.1 Å². The summed E-state index contributed by atoms with van der Waals surface area (Å²) in [5.74, 6) is -0.892. The summed E-state index contributed by atoms with van der Waals surface area (Å²) >= 11 is 13.3. The van der Waals surface area contributed by atoms with Crippen LogP contribution in [-0.2, 0) is 9.59 Å². The fraction of sp³-hybridized carbons (Fsp3) is 0.105. The summed E-state index contributed by atoms with van der Waals surface area (Å²) < 4.78 is 5.28. The Kier molecular flexibility index (Phi) is 6.28. The zero-order chi connectivity index (χ0) is 20.3. The average molecular weight is 437 g/mol. The fourth-order valence-electron chi connectivity index (χ4n) is 2.22. The van der Waals surface area contributed by atoms with E-state index in [0.29, 0.717) is 31.6 Å². The minimum Gasteiger partial charge on any atom is -0.479 e. The summed E-state index contributed by atoms with van der Waals surface area (Å²) in [6, 6.07) is 11.8. The second-order valence-electron chi connectivity index (χ2n) is 5.72. The number of hydrogen-bond acceptors (Lipinski definition) is 5. The lowest BCUT2D eigenvalue weighted by Crippen LogP contribution is -2.22. The number of ether oxygens (including phenoxy) is 1.